The van der Waals surface area contributed by atoms with Crippen LogP contribution in [0.15, 0.2) is 35.1 Å². The molecule has 0 bridgehead atoms. The van der Waals surface area contributed by atoms with E-state index in [4.69, 9.17) is 0 Å². The molecule has 0 saturated heterocycles. The summed E-state index contributed by atoms with van der Waals surface area (Å²) in [4.78, 5) is 4.30. The predicted molar refractivity (Wildman–Crippen MR) is 79.8 cm³/mol. The fraction of sp³-hybridized carbons (Fsp3) is 0.429. The second kappa shape index (κ2) is 6.30. The van der Waals surface area contributed by atoms with Crippen LogP contribution in [0.2, 0.25) is 0 Å². The molecular formula is C14H19BrN4. The Morgan fingerprint density at radius 3 is 2.79 bits per heavy atom. The highest BCUT2D eigenvalue weighted by Crippen LogP contribution is 2.18. The van der Waals surface area contributed by atoms with E-state index in [1.807, 2.05) is 16.8 Å². The third kappa shape index (κ3) is 3.64. The molecule has 0 fully saturated rings. The van der Waals surface area contributed by atoms with E-state index >= 15 is 0 Å². The molecule has 102 valence electrons. The minimum absolute atomic E-state index is 0.273. The van der Waals surface area contributed by atoms with Gasteiger partial charge in [-0.05, 0) is 38.5 Å². The minimum Gasteiger partial charge on any atom is -0.303 e. The minimum atomic E-state index is 0.273. The SMILES string of the molecule is CC(NCc1ncnn1C(C)C)c1cccc(Br)c1. The highest BCUT2D eigenvalue weighted by atomic mass is 79.9. The van der Waals surface area contributed by atoms with Crippen molar-refractivity contribution in [3.63, 3.8) is 0 Å². The van der Waals surface area contributed by atoms with Crippen LogP contribution in [0.4, 0.5) is 0 Å². The number of benzene rings is 1. The Kier molecular flexibility index (Phi) is 4.71. The molecule has 0 spiro atoms. The maximum absolute atomic E-state index is 4.30. The molecule has 0 saturated carbocycles. The van der Waals surface area contributed by atoms with E-state index in [1.165, 1.54) is 5.56 Å². The van der Waals surface area contributed by atoms with Gasteiger partial charge < -0.3 is 5.32 Å². The van der Waals surface area contributed by atoms with Crippen LogP contribution in [0.25, 0.3) is 0 Å². The van der Waals surface area contributed by atoms with E-state index in [0.717, 1.165) is 10.3 Å². The van der Waals surface area contributed by atoms with Gasteiger partial charge in [0.15, 0.2) is 0 Å². The third-order valence-electron chi connectivity index (χ3n) is 3.05. The normalized spacial score (nSPS) is 12.9. The van der Waals surface area contributed by atoms with Crippen LogP contribution in [0.1, 0.15) is 44.2 Å². The lowest BCUT2D eigenvalue weighted by Gasteiger charge is -2.15. The summed E-state index contributed by atoms with van der Waals surface area (Å²) in [6.45, 7) is 7.08. The van der Waals surface area contributed by atoms with Gasteiger partial charge in [-0.15, -0.1) is 0 Å². The fourth-order valence-corrected chi connectivity index (χ4v) is 2.39. The molecule has 1 aromatic heterocycles. The molecule has 1 unspecified atom stereocenters. The summed E-state index contributed by atoms with van der Waals surface area (Å²) < 4.78 is 3.05. The second-order valence-corrected chi connectivity index (χ2v) is 5.79. The van der Waals surface area contributed by atoms with Gasteiger partial charge in [0.25, 0.3) is 0 Å². The molecule has 1 atom stereocenters. The summed E-state index contributed by atoms with van der Waals surface area (Å²) in [5.41, 5.74) is 1.25. The third-order valence-corrected chi connectivity index (χ3v) is 3.54. The molecule has 2 aromatic rings. The van der Waals surface area contributed by atoms with Crippen LogP contribution in [-0.4, -0.2) is 14.8 Å². The number of aromatic nitrogens is 3. The zero-order valence-electron chi connectivity index (χ0n) is 11.5. The van der Waals surface area contributed by atoms with Crippen molar-refractivity contribution in [2.24, 2.45) is 0 Å². The molecule has 2 rings (SSSR count). The summed E-state index contributed by atoms with van der Waals surface area (Å²) in [6, 6.07) is 8.94. The van der Waals surface area contributed by atoms with Crippen LogP contribution in [-0.2, 0) is 6.54 Å². The number of hydrogen-bond acceptors (Lipinski definition) is 3. The Hall–Kier alpha value is -1.20. The van der Waals surface area contributed by atoms with Crippen molar-refractivity contribution in [1.29, 1.82) is 0 Å². The summed E-state index contributed by atoms with van der Waals surface area (Å²) in [6.07, 6.45) is 1.61. The quantitative estimate of drug-likeness (QED) is 0.916. The molecule has 19 heavy (non-hydrogen) atoms. The molecular weight excluding hydrogens is 304 g/mol. The highest BCUT2D eigenvalue weighted by molar-refractivity contribution is 9.10. The van der Waals surface area contributed by atoms with Crippen LogP contribution in [0, 0.1) is 0 Å². The fourth-order valence-electron chi connectivity index (χ4n) is 1.97. The average molecular weight is 323 g/mol. The molecule has 4 nitrogen and oxygen atoms in total. The molecule has 0 radical (unpaired) electrons. The van der Waals surface area contributed by atoms with Crippen LogP contribution >= 0.6 is 15.9 Å². The zero-order valence-corrected chi connectivity index (χ0v) is 13.1. The first kappa shape index (κ1) is 14.2. The summed E-state index contributed by atoms with van der Waals surface area (Å²) in [5, 5.41) is 7.72. The van der Waals surface area contributed by atoms with Crippen molar-refractivity contribution in [3.8, 4) is 0 Å². The van der Waals surface area contributed by atoms with Gasteiger partial charge in [0.05, 0.1) is 6.54 Å². The number of hydrogen-bond donors (Lipinski definition) is 1. The lowest BCUT2D eigenvalue weighted by atomic mass is 10.1. The van der Waals surface area contributed by atoms with E-state index in [1.54, 1.807) is 6.33 Å². The lowest BCUT2D eigenvalue weighted by molar-refractivity contribution is 0.473. The van der Waals surface area contributed by atoms with Gasteiger partial charge in [0.1, 0.15) is 12.2 Å². The molecule has 1 N–H and O–H groups in total. The zero-order chi connectivity index (χ0) is 13.8. The maximum Gasteiger partial charge on any atom is 0.141 e. The van der Waals surface area contributed by atoms with Gasteiger partial charge >= 0.3 is 0 Å². The van der Waals surface area contributed by atoms with Crippen LogP contribution < -0.4 is 5.32 Å². The monoisotopic (exact) mass is 322 g/mol. The Labute approximate surface area is 122 Å². The van der Waals surface area contributed by atoms with Crippen LogP contribution in [0.5, 0.6) is 0 Å². The van der Waals surface area contributed by atoms with E-state index in [-0.39, 0.29) is 6.04 Å². The van der Waals surface area contributed by atoms with Gasteiger partial charge in [-0.2, -0.15) is 5.10 Å². The Bertz CT molecular complexity index is 536. The first-order chi connectivity index (χ1) is 9.08. The van der Waals surface area contributed by atoms with E-state index in [2.05, 4.69) is 64.2 Å². The van der Waals surface area contributed by atoms with Crippen molar-refractivity contribution in [2.45, 2.75) is 39.4 Å². The van der Waals surface area contributed by atoms with Gasteiger partial charge in [-0.25, -0.2) is 9.67 Å². The first-order valence-corrected chi connectivity index (χ1v) is 7.24. The highest BCUT2D eigenvalue weighted by Gasteiger charge is 2.10. The van der Waals surface area contributed by atoms with E-state index < -0.39 is 0 Å². The standard InChI is InChI=1S/C14H19BrN4/c1-10(2)19-14(17-9-18-19)8-16-11(3)12-5-4-6-13(15)7-12/h4-7,9-11,16H,8H2,1-3H3. The van der Waals surface area contributed by atoms with Gasteiger partial charge in [0.2, 0.25) is 0 Å². The second-order valence-electron chi connectivity index (χ2n) is 4.87. The summed E-state index contributed by atoms with van der Waals surface area (Å²) in [5.74, 6) is 0.969. The number of halogens is 1. The van der Waals surface area contributed by atoms with Crippen molar-refractivity contribution in [2.75, 3.05) is 0 Å². The molecule has 5 heteroatoms. The van der Waals surface area contributed by atoms with Gasteiger partial charge in [-0.3, -0.25) is 0 Å². The predicted octanol–water partition coefficient (Wildman–Crippen LogP) is 3.47. The molecule has 0 aliphatic heterocycles. The lowest BCUT2D eigenvalue weighted by Crippen LogP contribution is -2.21. The Morgan fingerprint density at radius 2 is 2.11 bits per heavy atom. The average Bonchev–Trinajstić information content (AvgIpc) is 2.84. The maximum atomic E-state index is 4.30. The molecule has 1 aromatic carbocycles. The van der Waals surface area contributed by atoms with Crippen molar-refractivity contribution < 1.29 is 0 Å². The van der Waals surface area contributed by atoms with E-state index in [0.29, 0.717) is 12.6 Å². The topological polar surface area (TPSA) is 42.7 Å². The largest absolute Gasteiger partial charge is 0.303 e. The van der Waals surface area contributed by atoms with Crippen molar-refractivity contribution in [1.82, 2.24) is 20.1 Å². The number of rotatable bonds is 5. The van der Waals surface area contributed by atoms with Crippen molar-refractivity contribution >= 4 is 15.9 Å². The molecule has 0 amide bonds. The number of nitrogens with zero attached hydrogens (tertiary/aromatic N) is 3. The van der Waals surface area contributed by atoms with E-state index in [9.17, 15) is 0 Å². The Morgan fingerprint density at radius 1 is 1.32 bits per heavy atom. The van der Waals surface area contributed by atoms with Crippen LogP contribution in [0.3, 0.4) is 0 Å². The van der Waals surface area contributed by atoms with Gasteiger partial charge in [-0.1, -0.05) is 28.1 Å². The summed E-state index contributed by atoms with van der Waals surface area (Å²) in [7, 11) is 0. The molecule has 0 aliphatic rings. The summed E-state index contributed by atoms with van der Waals surface area (Å²) >= 11 is 3.50. The smallest absolute Gasteiger partial charge is 0.141 e. The molecule has 0 aliphatic carbocycles. The van der Waals surface area contributed by atoms with Crippen molar-refractivity contribution in [3.05, 3.63) is 46.5 Å². The Balaban J connectivity index is 2.00. The van der Waals surface area contributed by atoms with Gasteiger partial charge in [0, 0.05) is 16.6 Å². The first-order valence-electron chi connectivity index (χ1n) is 6.45. The molecule has 1 heterocycles. The number of nitrogens with one attached hydrogen (secondary N) is 1.